The number of carbonyl (C=O) groups excluding carboxylic acids is 1. The molecular weight excluding hydrogens is 609 g/mol. The first-order valence-corrected chi connectivity index (χ1v) is 18.5. The number of benzene rings is 3. The topological polar surface area (TPSA) is 100 Å². The van der Waals surface area contributed by atoms with Crippen LogP contribution in [0.15, 0.2) is 72.8 Å². The molecule has 0 radical (unpaired) electrons. The molecule has 4 bridgehead atoms. The molecule has 8 heteroatoms. The van der Waals surface area contributed by atoms with Crippen LogP contribution in [0.25, 0.3) is 11.1 Å². The standard InChI is InChI=1S/C39H48N2O5S/c1-25-35(24-47-13-12-42)45-37(46-36(25)31-10-8-26(23-43)9-11-31)34-7-3-6-33(18-34)32-5-2-4-27(17-32)22-40-38(44)41-39-19-28-14-29(20-39)16-30(15-28)21-39/h2-11,17-18,25,28-30,35-37,42-43H,12-16,19-24H2,1H3,(H2,40,41,44). The van der Waals surface area contributed by atoms with E-state index < -0.39 is 6.29 Å². The van der Waals surface area contributed by atoms with Crippen molar-refractivity contribution in [3.8, 4) is 11.1 Å². The molecular formula is C39H48N2O5S. The second kappa shape index (κ2) is 14.3. The normalized spacial score (nSPS) is 31.1. The van der Waals surface area contributed by atoms with Crippen molar-refractivity contribution in [2.45, 2.75) is 82.6 Å². The number of hydrogen-bond acceptors (Lipinski definition) is 6. The molecule has 2 amide bonds. The number of amides is 2. The van der Waals surface area contributed by atoms with Crippen molar-refractivity contribution in [2.75, 3.05) is 18.1 Å². The monoisotopic (exact) mass is 656 g/mol. The molecule has 3 aromatic carbocycles. The fraction of sp³-hybridized carbons (Fsp3) is 0.513. The van der Waals surface area contributed by atoms with Gasteiger partial charge in [-0.2, -0.15) is 11.8 Å². The van der Waals surface area contributed by atoms with E-state index in [2.05, 4.69) is 47.9 Å². The average molecular weight is 657 g/mol. The van der Waals surface area contributed by atoms with E-state index in [0.717, 1.165) is 76.1 Å². The molecule has 5 aliphatic rings. The van der Waals surface area contributed by atoms with Crippen LogP contribution in [0.5, 0.6) is 0 Å². The van der Waals surface area contributed by atoms with E-state index in [-0.39, 0.29) is 42.9 Å². The van der Waals surface area contributed by atoms with Crippen LogP contribution in [0.1, 0.15) is 80.1 Å². The Labute approximate surface area is 282 Å². The average Bonchev–Trinajstić information content (AvgIpc) is 3.07. The third kappa shape index (κ3) is 7.42. The van der Waals surface area contributed by atoms with Crippen LogP contribution in [0.2, 0.25) is 0 Å². The van der Waals surface area contributed by atoms with Gasteiger partial charge in [-0.05, 0) is 96.2 Å². The van der Waals surface area contributed by atoms with Gasteiger partial charge in [-0.3, -0.25) is 0 Å². The molecule has 250 valence electrons. The summed E-state index contributed by atoms with van der Waals surface area (Å²) in [5.41, 5.74) is 6.06. The van der Waals surface area contributed by atoms with E-state index in [4.69, 9.17) is 9.47 Å². The Kier molecular flexibility index (Phi) is 9.94. The van der Waals surface area contributed by atoms with Gasteiger partial charge < -0.3 is 30.3 Å². The number of aliphatic hydroxyl groups is 2. The fourth-order valence-corrected chi connectivity index (χ4v) is 9.94. The zero-order chi connectivity index (χ0) is 32.4. The molecule has 8 rings (SSSR count). The maximum atomic E-state index is 13.1. The van der Waals surface area contributed by atoms with Crippen molar-refractivity contribution in [1.29, 1.82) is 0 Å². The molecule has 0 spiro atoms. The van der Waals surface area contributed by atoms with Crippen LogP contribution >= 0.6 is 11.8 Å². The number of urea groups is 1. The minimum atomic E-state index is -0.550. The van der Waals surface area contributed by atoms with Gasteiger partial charge in [-0.25, -0.2) is 4.79 Å². The predicted octanol–water partition coefficient (Wildman–Crippen LogP) is 7.13. The first-order valence-electron chi connectivity index (χ1n) is 17.3. The molecule has 4 atom stereocenters. The maximum absolute atomic E-state index is 13.1. The summed E-state index contributed by atoms with van der Waals surface area (Å²) in [7, 11) is 0. The minimum absolute atomic E-state index is 0.000586. The van der Waals surface area contributed by atoms with Crippen molar-refractivity contribution >= 4 is 17.8 Å². The number of rotatable bonds is 11. The Hall–Kier alpha value is -2.88. The maximum Gasteiger partial charge on any atom is 0.315 e. The Morgan fingerprint density at radius 2 is 1.53 bits per heavy atom. The molecule has 1 saturated heterocycles. The molecule has 7 nitrogen and oxygen atoms in total. The van der Waals surface area contributed by atoms with Gasteiger partial charge in [-0.1, -0.05) is 67.6 Å². The number of thioether (sulfide) groups is 1. The SMILES string of the molecule is CC1C(CSCCO)OC(c2cccc(-c3cccc(CNC(=O)NC45CC6CC(CC(C6)C4)C5)c3)c2)OC1c1ccc(CO)cc1. The molecule has 4 N–H and O–H groups in total. The van der Waals surface area contributed by atoms with Gasteiger partial charge in [0, 0.05) is 35.1 Å². The van der Waals surface area contributed by atoms with E-state index in [1.165, 1.54) is 19.3 Å². The van der Waals surface area contributed by atoms with Crippen molar-refractivity contribution in [3.63, 3.8) is 0 Å². The van der Waals surface area contributed by atoms with E-state index >= 15 is 0 Å². The summed E-state index contributed by atoms with van der Waals surface area (Å²) >= 11 is 1.69. The number of nitrogens with one attached hydrogen (secondary N) is 2. The third-order valence-corrected chi connectivity index (χ3v) is 12.0. The molecule has 1 heterocycles. The molecule has 0 aromatic heterocycles. The zero-order valence-corrected chi connectivity index (χ0v) is 28.1. The lowest BCUT2D eigenvalue weighted by atomic mass is 9.53. The second-order valence-electron chi connectivity index (χ2n) is 14.5. The fourth-order valence-electron chi connectivity index (χ4n) is 9.03. The largest absolute Gasteiger partial charge is 0.396 e. The Balaban J connectivity index is 1.03. The Morgan fingerprint density at radius 3 is 2.21 bits per heavy atom. The van der Waals surface area contributed by atoms with Gasteiger partial charge in [0.15, 0.2) is 6.29 Å². The Bertz CT molecular complexity index is 1490. The van der Waals surface area contributed by atoms with Gasteiger partial charge >= 0.3 is 6.03 Å². The molecule has 1 aliphatic heterocycles. The van der Waals surface area contributed by atoms with Gasteiger partial charge in [0.05, 0.1) is 25.4 Å². The van der Waals surface area contributed by atoms with Gasteiger partial charge in [0.25, 0.3) is 0 Å². The quantitative estimate of drug-likeness (QED) is 0.164. The summed E-state index contributed by atoms with van der Waals surface area (Å²) < 4.78 is 13.3. The van der Waals surface area contributed by atoms with E-state index in [0.29, 0.717) is 12.3 Å². The van der Waals surface area contributed by atoms with Crippen LogP contribution in [-0.2, 0) is 22.6 Å². The van der Waals surface area contributed by atoms with E-state index in [1.54, 1.807) is 11.8 Å². The molecule has 3 aromatic rings. The number of hydrogen-bond donors (Lipinski definition) is 4. The summed E-state index contributed by atoms with van der Waals surface area (Å²) in [5.74, 6) is 3.91. The van der Waals surface area contributed by atoms with E-state index in [1.807, 2.05) is 42.5 Å². The summed E-state index contributed by atoms with van der Waals surface area (Å²) in [6.45, 7) is 2.78. The number of aliphatic hydroxyl groups excluding tert-OH is 2. The molecule has 5 fully saturated rings. The van der Waals surface area contributed by atoms with Crippen molar-refractivity contribution in [2.24, 2.45) is 23.7 Å². The highest BCUT2D eigenvalue weighted by Gasteiger charge is 2.51. The summed E-state index contributed by atoms with van der Waals surface area (Å²) in [6, 6.07) is 24.6. The van der Waals surface area contributed by atoms with Crippen molar-refractivity contribution in [3.05, 3.63) is 95.1 Å². The highest BCUT2D eigenvalue weighted by Crippen LogP contribution is 2.55. The van der Waals surface area contributed by atoms with Crippen LogP contribution < -0.4 is 10.6 Å². The van der Waals surface area contributed by atoms with Crippen molar-refractivity contribution in [1.82, 2.24) is 10.6 Å². The summed E-state index contributed by atoms with van der Waals surface area (Å²) in [5, 5.41) is 25.5. The summed E-state index contributed by atoms with van der Waals surface area (Å²) in [4.78, 5) is 13.1. The lowest BCUT2D eigenvalue weighted by Gasteiger charge is -2.56. The van der Waals surface area contributed by atoms with Crippen LogP contribution in [0, 0.1) is 23.7 Å². The minimum Gasteiger partial charge on any atom is -0.396 e. The van der Waals surface area contributed by atoms with Gasteiger partial charge in [-0.15, -0.1) is 0 Å². The third-order valence-electron chi connectivity index (χ3n) is 10.9. The number of carbonyl (C=O) groups is 1. The molecule has 47 heavy (non-hydrogen) atoms. The van der Waals surface area contributed by atoms with Crippen LogP contribution in [0.3, 0.4) is 0 Å². The highest BCUT2D eigenvalue weighted by molar-refractivity contribution is 7.99. The van der Waals surface area contributed by atoms with Crippen molar-refractivity contribution < 1.29 is 24.5 Å². The first-order chi connectivity index (χ1) is 22.9. The van der Waals surface area contributed by atoms with Gasteiger partial charge in [0.2, 0.25) is 0 Å². The van der Waals surface area contributed by atoms with Crippen LogP contribution in [-0.4, -0.2) is 46.0 Å². The predicted molar refractivity (Wildman–Crippen MR) is 186 cm³/mol. The smallest absolute Gasteiger partial charge is 0.315 e. The molecule has 4 unspecified atom stereocenters. The molecule has 4 saturated carbocycles. The highest BCUT2D eigenvalue weighted by atomic mass is 32.2. The van der Waals surface area contributed by atoms with Gasteiger partial charge in [0.1, 0.15) is 0 Å². The summed E-state index contributed by atoms with van der Waals surface area (Å²) in [6.07, 6.45) is 6.72. The first kappa shape index (κ1) is 32.7. The zero-order valence-electron chi connectivity index (χ0n) is 27.3. The lowest BCUT2D eigenvalue weighted by Crippen LogP contribution is -2.61. The Morgan fingerprint density at radius 1 is 0.851 bits per heavy atom. The molecule has 4 aliphatic carbocycles. The van der Waals surface area contributed by atoms with Crippen LogP contribution in [0.4, 0.5) is 4.79 Å². The second-order valence-corrected chi connectivity index (χ2v) is 15.6. The number of ether oxygens (including phenoxy) is 2. The lowest BCUT2D eigenvalue weighted by molar-refractivity contribution is -0.268. The van der Waals surface area contributed by atoms with E-state index in [9.17, 15) is 15.0 Å².